The molecule has 2 aromatic rings. The lowest BCUT2D eigenvalue weighted by molar-refractivity contribution is -0.119. The van der Waals surface area contributed by atoms with Gasteiger partial charge in [-0.25, -0.2) is 0 Å². The smallest absolute Gasteiger partial charge is 0.227 e. The third-order valence-electron chi connectivity index (χ3n) is 5.18. The topological polar surface area (TPSA) is 74.2 Å². The molecule has 0 radical (unpaired) electrons. The van der Waals surface area contributed by atoms with Crippen LogP contribution in [0.25, 0.3) is 0 Å². The van der Waals surface area contributed by atoms with Gasteiger partial charge in [0.25, 0.3) is 0 Å². The Bertz CT molecular complexity index is 838. The average Bonchev–Trinajstić information content (AvgIpc) is 3.27. The Balaban J connectivity index is 1.45. The van der Waals surface area contributed by atoms with Crippen molar-refractivity contribution in [2.75, 3.05) is 11.9 Å². The van der Waals surface area contributed by atoms with Crippen molar-refractivity contribution in [3.05, 3.63) is 59.7 Å². The highest BCUT2D eigenvalue weighted by Gasteiger charge is 2.22. The first kappa shape index (κ1) is 20.9. The lowest BCUT2D eigenvalue weighted by atomic mass is 10.1. The maximum Gasteiger partial charge on any atom is 0.227 e. The average molecular weight is 392 g/mol. The van der Waals surface area contributed by atoms with E-state index in [1.54, 1.807) is 0 Å². The molecule has 3 rings (SSSR count). The molecule has 0 aliphatic heterocycles. The normalized spacial score (nSPS) is 13.8. The lowest BCUT2D eigenvalue weighted by Crippen LogP contribution is -2.20. The van der Waals surface area contributed by atoms with Crippen molar-refractivity contribution in [1.82, 2.24) is 5.32 Å². The maximum absolute atomic E-state index is 12.3. The van der Waals surface area contributed by atoms with Crippen LogP contribution in [0.3, 0.4) is 0 Å². The molecule has 0 saturated heterocycles. The summed E-state index contributed by atoms with van der Waals surface area (Å²) in [6.07, 6.45) is 5.60. The van der Waals surface area contributed by atoms with Crippen LogP contribution in [0.15, 0.2) is 48.5 Å². The summed E-state index contributed by atoms with van der Waals surface area (Å²) in [4.78, 5) is 12.3. The molecule has 1 amide bonds. The zero-order chi connectivity index (χ0) is 20.3. The Labute approximate surface area is 173 Å². The minimum absolute atomic E-state index is 0.152. The molecule has 0 aromatic heterocycles. The maximum atomic E-state index is 12.3. The van der Waals surface area contributed by atoms with Crippen LogP contribution in [0.4, 0.5) is 5.69 Å². The Morgan fingerprint density at radius 3 is 2.55 bits per heavy atom. The van der Waals surface area contributed by atoms with Crippen LogP contribution in [-0.4, -0.2) is 12.5 Å². The molecular formula is C24H29N3O2. The molecular weight excluding hydrogens is 362 g/mol. The number of rotatable bonds is 10. The van der Waals surface area contributed by atoms with Crippen LogP contribution in [0.1, 0.15) is 49.7 Å². The number of hydrogen-bond donors (Lipinski definition) is 2. The Morgan fingerprint density at radius 1 is 1.07 bits per heavy atom. The fourth-order valence-corrected chi connectivity index (χ4v) is 3.63. The number of nitrogens with one attached hydrogen (secondary N) is 2. The monoisotopic (exact) mass is 391 g/mol. The van der Waals surface area contributed by atoms with Crippen LogP contribution in [0.2, 0.25) is 0 Å². The van der Waals surface area contributed by atoms with E-state index in [4.69, 9.17) is 10.00 Å². The molecule has 5 nitrogen and oxygen atoms in total. The third kappa shape index (κ3) is 6.92. The van der Waals surface area contributed by atoms with Crippen LogP contribution >= 0.6 is 0 Å². The molecule has 0 bridgehead atoms. The second kappa shape index (κ2) is 11.2. The van der Waals surface area contributed by atoms with E-state index in [9.17, 15) is 4.79 Å². The summed E-state index contributed by atoms with van der Waals surface area (Å²) in [7, 11) is 0. The second-order valence-corrected chi connectivity index (χ2v) is 7.53. The summed E-state index contributed by atoms with van der Waals surface area (Å²) in [6, 6.07) is 18.2. The third-order valence-corrected chi connectivity index (χ3v) is 5.18. The minimum Gasteiger partial charge on any atom is -0.494 e. The number of nitrogens with zero attached hydrogens (tertiary/aromatic N) is 1. The van der Waals surface area contributed by atoms with Crippen LogP contribution < -0.4 is 15.4 Å². The predicted octanol–water partition coefficient (Wildman–Crippen LogP) is 4.79. The van der Waals surface area contributed by atoms with Crippen molar-refractivity contribution >= 4 is 11.6 Å². The number of hydrogen-bond acceptors (Lipinski definition) is 4. The molecule has 152 valence electrons. The molecule has 0 heterocycles. The van der Waals surface area contributed by atoms with Gasteiger partial charge in [-0.1, -0.05) is 37.1 Å². The van der Waals surface area contributed by atoms with Crippen molar-refractivity contribution in [1.29, 1.82) is 5.26 Å². The van der Waals surface area contributed by atoms with Crippen LogP contribution in [0.5, 0.6) is 5.75 Å². The molecule has 0 unspecified atom stereocenters. The molecule has 29 heavy (non-hydrogen) atoms. The summed E-state index contributed by atoms with van der Waals surface area (Å²) in [6.45, 7) is 2.01. The first-order chi connectivity index (χ1) is 14.2. The largest absolute Gasteiger partial charge is 0.494 e. The summed E-state index contributed by atoms with van der Waals surface area (Å²) in [5.41, 5.74) is 3.15. The van der Waals surface area contributed by atoms with E-state index in [0.717, 1.165) is 67.8 Å². The minimum atomic E-state index is 0.152. The van der Waals surface area contributed by atoms with Gasteiger partial charge in [0.2, 0.25) is 5.91 Å². The zero-order valence-electron chi connectivity index (χ0n) is 16.8. The molecule has 1 fully saturated rings. The van der Waals surface area contributed by atoms with E-state index in [2.05, 4.69) is 28.8 Å². The first-order valence-electron chi connectivity index (χ1n) is 10.4. The number of nitriles is 1. The van der Waals surface area contributed by atoms with E-state index in [1.807, 2.05) is 36.4 Å². The summed E-state index contributed by atoms with van der Waals surface area (Å²) < 4.78 is 5.69. The van der Waals surface area contributed by atoms with E-state index >= 15 is 0 Å². The quantitative estimate of drug-likeness (QED) is 0.571. The zero-order valence-corrected chi connectivity index (χ0v) is 16.8. The van der Waals surface area contributed by atoms with Gasteiger partial charge in [-0.15, -0.1) is 0 Å². The Kier molecular flexibility index (Phi) is 8.09. The van der Waals surface area contributed by atoms with E-state index in [-0.39, 0.29) is 11.8 Å². The number of benzene rings is 2. The number of ether oxygens (including phenoxy) is 1. The summed E-state index contributed by atoms with van der Waals surface area (Å²) in [5, 5.41) is 15.1. The molecule has 2 N–H and O–H groups in total. The highest BCUT2D eigenvalue weighted by molar-refractivity contribution is 5.92. The molecule has 0 spiro atoms. The molecule has 2 aromatic carbocycles. The second-order valence-electron chi connectivity index (χ2n) is 7.53. The molecule has 1 aliphatic rings. The van der Waals surface area contributed by atoms with Gasteiger partial charge < -0.3 is 15.4 Å². The van der Waals surface area contributed by atoms with Crippen molar-refractivity contribution in [2.24, 2.45) is 5.92 Å². The van der Waals surface area contributed by atoms with Gasteiger partial charge in [-0.05, 0) is 54.7 Å². The molecule has 5 heteroatoms. The SMILES string of the molecule is N#CCCCOc1cccc(CNCc2cccc(NC(=O)C3CCCC3)c2)c1. The number of anilines is 1. The van der Waals surface area contributed by atoms with Crippen molar-refractivity contribution < 1.29 is 9.53 Å². The number of carbonyl (C=O) groups is 1. The van der Waals surface area contributed by atoms with Gasteiger partial charge in [0.15, 0.2) is 0 Å². The van der Waals surface area contributed by atoms with Gasteiger partial charge in [0.1, 0.15) is 5.75 Å². The van der Waals surface area contributed by atoms with Crippen LogP contribution in [0, 0.1) is 17.2 Å². The predicted molar refractivity (Wildman–Crippen MR) is 114 cm³/mol. The summed E-state index contributed by atoms with van der Waals surface area (Å²) >= 11 is 0. The van der Waals surface area contributed by atoms with E-state index in [0.29, 0.717) is 13.0 Å². The van der Waals surface area contributed by atoms with Gasteiger partial charge in [-0.3, -0.25) is 4.79 Å². The fraction of sp³-hybridized carbons (Fsp3) is 0.417. The van der Waals surface area contributed by atoms with Gasteiger partial charge in [0.05, 0.1) is 12.7 Å². The van der Waals surface area contributed by atoms with Crippen molar-refractivity contribution in [3.8, 4) is 11.8 Å². The van der Waals surface area contributed by atoms with Gasteiger partial charge >= 0.3 is 0 Å². The Morgan fingerprint density at radius 2 is 1.79 bits per heavy atom. The van der Waals surface area contributed by atoms with E-state index < -0.39 is 0 Å². The number of unbranched alkanes of at least 4 members (excludes halogenated alkanes) is 1. The highest BCUT2D eigenvalue weighted by atomic mass is 16.5. The van der Waals surface area contributed by atoms with Crippen molar-refractivity contribution in [2.45, 2.75) is 51.6 Å². The number of amides is 1. The fourth-order valence-electron chi connectivity index (χ4n) is 3.63. The molecule has 0 atom stereocenters. The lowest BCUT2D eigenvalue weighted by Gasteiger charge is -2.12. The molecule has 1 aliphatic carbocycles. The molecule has 1 saturated carbocycles. The van der Waals surface area contributed by atoms with Gasteiger partial charge in [0, 0.05) is 31.1 Å². The van der Waals surface area contributed by atoms with E-state index in [1.165, 1.54) is 0 Å². The Hall–Kier alpha value is -2.84. The highest BCUT2D eigenvalue weighted by Crippen LogP contribution is 2.26. The summed E-state index contributed by atoms with van der Waals surface area (Å²) in [5.74, 6) is 1.16. The van der Waals surface area contributed by atoms with Crippen molar-refractivity contribution in [3.63, 3.8) is 0 Å². The van der Waals surface area contributed by atoms with Gasteiger partial charge in [-0.2, -0.15) is 5.26 Å². The number of carbonyl (C=O) groups excluding carboxylic acids is 1. The van der Waals surface area contributed by atoms with Crippen LogP contribution in [-0.2, 0) is 17.9 Å². The standard InChI is InChI=1S/C24H29N3O2/c25-13-3-4-14-29-23-12-6-8-20(16-23)18-26-17-19-7-5-11-22(15-19)27-24(28)21-9-1-2-10-21/h5-8,11-12,15-16,21,26H,1-4,9-10,14,17-18H2,(H,27,28). The first-order valence-corrected chi connectivity index (χ1v) is 10.4.